The molecule has 0 aliphatic heterocycles. The molecule has 0 spiro atoms. The summed E-state index contributed by atoms with van der Waals surface area (Å²) < 4.78 is 3.37. The van der Waals surface area contributed by atoms with Crippen LogP contribution in [0.25, 0.3) is 10.8 Å². The Balaban J connectivity index is 1.92. The Bertz CT molecular complexity index is 774. The summed E-state index contributed by atoms with van der Waals surface area (Å²) in [6.07, 6.45) is 3.37. The van der Waals surface area contributed by atoms with Gasteiger partial charge in [0.05, 0.1) is 18.1 Å². The Morgan fingerprint density at radius 3 is 2.84 bits per heavy atom. The molecular weight excluding hydrogens is 242 g/mol. The Labute approximate surface area is 109 Å². The fraction of sp³-hybridized carbons (Fsp3) is 0.231. The molecule has 3 rings (SSSR count). The highest BCUT2D eigenvalue weighted by Gasteiger charge is 2.04. The van der Waals surface area contributed by atoms with Crippen molar-refractivity contribution in [2.75, 3.05) is 0 Å². The van der Waals surface area contributed by atoms with Crippen LogP contribution in [0.5, 0.6) is 0 Å². The smallest absolute Gasteiger partial charge is 0.274 e. The molecule has 0 unspecified atom stereocenters. The van der Waals surface area contributed by atoms with Crippen molar-refractivity contribution in [2.24, 2.45) is 0 Å². The van der Waals surface area contributed by atoms with Gasteiger partial charge < -0.3 is 4.57 Å². The maximum atomic E-state index is 12.2. The van der Waals surface area contributed by atoms with Gasteiger partial charge in [0.2, 0.25) is 0 Å². The largest absolute Gasteiger partial charge is 0.316 e. The van der Waals surface area contributed by atoms with E-state index in [1.54, 1.807) is 12.5 Å². The standard InChI is InChI=1S/C13H13N5O/c1-10-16-14-9-17(10)6-7-18-13(19)12-5-3-2-4-11(12)8-15-18/h2-5,8-9H,6-7H2,1H3. The van der Waals surface area contributed by atoms with Crippen LogP contribution in [0.3, 0.4) is 0 Å². The molecule has 0 saturated carbocycles. The second-order valence-electron chi connectivity index (χ2n) is 4.33. The van der Waals surface area contributed by atoms with Crippen molar-refractivity contribution in [1.29, 1.82) is 0 Å². The Kier molecular flexibility index (Phi) is 2.83. The number of fused-ring (bicyclic) bond motifs is 1. The molecule has 2 aromatic heterocycles. The first-order valence-electron chi connectivity index (χ1n) is 6.05. The lowest BCUT2D eigenvalue weighted by Gasteiger charge is -2.07. The van der Waals surface area contributed by atoms with Crippen LogP contribution >= 0.6 is 0 Å². The SMILES string of the molecule is Cc1nncn1CCn1ncc2ccccc2c1=O. The lowest BCUT2D eigenvalue weighted by molar-refractivity contribution is 0.507. The molecule has 19 heavy (non-hydrogen) atoms. The van der Waals surface area contributed by atoms with E-state index in [2.05, 4.69) is 15.3 Å². The average Bonchev–Trinajstić information content (AvgIpc) is 2.84. The predicted molar refractivity (Wildman–Crippen MR) is 70.8 cm³/mol. The van der Waals surface area contributed by atoms with Crippen LogP contribution in [0, 0.1) is 6.92 Å². The molecule has 6 heteroatoms. The second-order valence-corrected chi connectivity index (χ2v) is 4.33. The van der Waals surface area contributed by atoms with Gasteiger partial charge in [-0.25, -0.2) is 4.68 Å². The van der Waals surface area contributed by atoms with Gasteiger partial charge in [0.25, 0.3) is 5.56 Å². The molecule has 0 atom stereocenters. The minimum Gasteiger partial charge on any atom is -0.316 e. The van der Waals surface area contributed by atoms with Crippen LogP contribution in [0.2, 0.25) is 0 Å². The quantitative estimate of drug-likeness (QED) is 0.700. The molecule has 2 heterocycles. The summed E-state index contributed by atoms with van der Waals surface area (Å²) in [5.41, 5.74) is -0.0659. The third kappa shape index (κ3) is 2.12. The summed E-state index contributed by atoms with van der Waals surface area (Å²) in [5, 5.41) is 13.5. The zero-order valence-electron chi connectivity index (χ0n) is 10.5. The summed E-state index contributed by atoms with van der Waals surface area (Å²) in [7, 11) is 0. The monoisotopic (exact) mass is 255 g/mol. The minimum atomic E-state index is -0.0659. The van der Waals surface area contributed by atoms with Crippen LogP contribution in [0.4, 0.5) is 0 Å². The zero-order chi connectivity index (χ0) is 13.2. The van der Waals surface area contributed by atoms with E-state index in [0.29, 0.717) is 18.5 Å². The van der Waals surface area contributed by atoms with Gasteiger partial charge in [-0.2, -0.15) is 5.10 Å². The van der Waals surface area contributed by atoms with Crippen molar-refractivity contribution < 1.29 is 0 Å². The van der Waals surface area contributed by atoms with E-state index in [4.69, 9.17) is 0 Å². The van der Waals surface area contributed by atoms with E-state index in [0.717, 1.165) is 11.2 Å². The third-order valence-corrected chi connectivity index (χ3v) is 3.12. The molecule has 6 nitrogen and oxygen atoms in total. The van der Waals surface area contributed by atoms with E-state index >= 15 is 0 Å². The lowest BCUT2D eigenvalue weighted by Crippen LogP contribution is -2.25. The molecule has 0 fully saturated rings. The molecule has 1 aromatic carbocycles. The van der Waals surface area contributed by atoms with Gasteiger partial charge in [0.15, 0.2) is 0 Å². The van der Waals surface area contributed by atoms with Gasteiger partial charge in [-0.05, 0) is 13.0 Å². The van der Waals surface area contributed by atoms with Gasteiger partial charge >= 0.3 is 0 Å². The molecule has 96 valence electrons. The number of benzene rings is 1. The first-order chi connectivity index (χ1) is 9.25. The highest BCUT2D eigenvalue weighted by molar-refractivity contribution is 5.80. The molecular formula is C13H13N5O. The zero-order valence-corrected chi connectivity index (χ0v) is 10.5. The Morgan fingerprint density at radius 2 is 2.05 bits per heavy atom. The van der Waals surface area contributed by atoms with Crippen LogP contribution in [-0.4, -0.2) is 24.5 Å². The molecule has 3 aromatic rings. The number of aromatic nitrogens is 5. The average molecular weight is 255 g/mol. The maximum absolute atomic E-state index is 12.2. The summed E-state index contributed by atoms with van der Waals surface area (Å²) in [6, 6.07) is 7.46. The maximum Gasteiger partial charge on any atom is 0.274 e. The topological polar surface area (TPSA) is 65.6 Å². The van der Waals surface area contributed by atoms with Crippen molar-refractivity contribution in [2.45, 2.75) is 20.0 Å². The highest BCUT2D eigenvalue weighted by Crippen LogP contribution is 2.06. The normalized spacial score (nSPS) is 11.0. The Hall–Kier alpha value is -2.50. The van der Waals surface area contributed by atoms with E-state index in [1.165, 1.54) is 4.68 Å². The van der Waals surface area contributed by atoms with Crippen LogP contribution in [-0.2, 0) is 13.1 Å². The number of hydrogen-bond donors (Lipinski definition) is 0. The molecule has 0 radical (unpaired) electrons. The van der Waals surface area contributed by atoms with E-state index < -0.39 is 0 Å². The highest BCUT2D eigenvalue weighted by atomic mass is 16.1. The fourth-order valence-corrected chi connectivity index (χ4v) is 2.02. The number of nitrogens with zero attached hydrogens (tertiary/aromatic N) is 5. The fourth-order valence-electron chi connectivity index (χ4n) is 2.02. The first kappa shape index (κ1) is 11.6. The van der Waals surface area contributed by atoms with Gasteiger partial charge in [-0.1, -0.05) is 18.2 Å². The minimum absolute atomic E-state index is 0.0659. The number of rotatable bonds is 3. The molecule has 0 aliphatic carbocycles. The third-order valence-electron chi connectivity index (χ3n) is 3.12. The van der Waals surface area contributed by atoms with Crippen molar-refractivity contribution in [1.82, 2.24) is 24.5 Å². The lowest BCUT2D eigenvalue weighted by atomic mass is 10.2. The first-order valence-corrected chi connectivity index (χ1v) is 6.05. The molecule has 0 bridgehead atoms. The van der Waals surface area contributed by atoms with E-state index in [-0.39, 0.29) is 5.56 Å². The van der Waals surface area contributed by atoms with Crippen molar-refractivity contribution in [3.8, 4) is 0 Å². The van der Waals surface area contributed by atoms with Gasteiger partial charge in [-0.15, -0.1) is 10.2 Å². The van der Waals surface area contributed by atoms with E-state index in [1.807, 2.05) is 35.8 Å². The van der Waals surface area contributed by atoms with Crippen LogP contribution < -0.4 is 5.56 Å². The molecule has 0 N–H and O–H groups in total. The van der Waals surface area contributed by atoms with Gasteiger partial charge in [-0.3, -0.25) is 4.79 Å². The number of aryl methyl sites for hydroxylation is 3. The van der Waals surface area contributed by atoms with Gasteiger partial charge in [0.1, 0.15) is 12.2 Å². The summed E-state index contributed by atoms with van der Waals surface area (Å²) >= 11 is 0. The molecule has 0 amide bonds. The van der Waals surface area contributed by atoms with Crippen molar-refractivity contribution in [3.05, 3.63) is 53.0 Å². The van der Waals surface area contributed by atoms with Crippen molar-refractivity contribution >= 4 is 10.8 Å². The second kappa shape index (κ2) is 4.64. The molecule has 0 saturated heterocycles. The van der Waals surface area contributed by atoms with Crippen LogP contribution in [0.1, 0.15) is 5.82 Å². The molecule has 0 aliphatic rings. The summed E-state index contributed by atoms with van der Waals surface area (Å²) in [5.74, 6) is 0.828. The van der Waals surface area contributed by atoms with Crippen molar-refractivity contribution in [3.63, 3.8) is 0 Å². The van der Waals surface area contributed by atoms with Crippen LogP contribution in [0.15, 0.2) is 41.6 Å². The predicted octanol–water partition coefficient (Wildman–Crippen LogP) is 0.997. The van der Waals surface area contributed by atoms with Gasteiger partial charge in [0, 0.05) is 11.9 Å². The van der Waals surface area contributed by atoms with E-state index in [9.17, 15) is 4.79 Å². The summed E-state index contributed by atoms with van der Waals surface area (Å²) in [4.78, 5) is 12.2. The number of hydrogen-bond acceptors (Lipinski definition) is 4. The Morgan fingerprint density at radius 1 is 1.21 bits per heavy atom. The summed E-state index contributed by atoms with van der Waals surface area (Å²) in [6.45, 7) is 3.01.